The molecular formula is C34H24N2S. The molecule has 1 aromatic heterocycles. The number of aryl methyl sites for hydroxylation is 1. The van der Waals surface area contributed by atoms with Crippen LogP contribution in [0.5, 0.6) is 0 Å². The monoisotopic (exact) mass is 492 g/mol. The summed E-state index contributed by atoms with van der Waals surface area (Å²) >= 11 is 1.85. The molecule has 0 saturated heterocycles. The van der Waals surface area contributed by atoms with E-state index in [1.54, 1.807) is 0 Å². The molecule has 0 saturated carbocycles. The maximum absolute atomic E-state index is 3.70. The van der Waals surface area contributed by atoms with Gasteiger partial charge in [0.25, 0.3) is 0 Å². The molecule has 0 fully saturated rings. The highest BCUT2D eigenvalue weighted by molar-refractivity contribution is 7.99. The molecule has 0 radical (unpaired) electrons. The first kappa shape index (κ1) is 20.9. The minimum absolute atomic E-state index is 1.11. The van der Waals surface area contributed by atoms with Crippen molar-refractivity contribution in [1.82, 2.24) is 4.98 Å². The highest BCUT2D eigenvalue weighted by Crippen LogP contribution is 2.52. The van der Waals surface area contributed by atoms with Crippen LogP contribution in [0.1, 0.15) is 17.5 Å². The lowest BCUT2D eigenvalue weighted by Gasteiger charge is -2.33. The maximum Gasteiger partial charge on any atom is 0.0607 e. The fourth-order valence-corrected chi connectivity index (χ4v) is 7.01. The fraction of sp³-hybridized carbons (Fsp3) is 0.0588. The molecular weight excluding hydrogens is 468 g/mol. The first-order valence-corrected chi connectivity index (χ1v) is 13.7. The fourth-order valence-electron chi connectivity index (χ4n) is 5.97. The summed E-state index contributed by atoms with van der Waals surface area (Å²) in [5.41, 5.74) is 11.4. The van der Waals surface area contributed by atoms with E-state index in [0.29, 0.717) is 0 Å². The molecule has 1 aliphatic heterocycles. The van der Waals surface area contributed by atoms with Crippen LogP contribution in [0, 0.1) is 0 Å². The number of allylic oxidation sites excluding steroid dienone is 1. The number of rotatable bonds is 2. The van der Waals surface area contributed by atoms with Gasteiger partial charge in [-0.1, -0.05) is 78.5 Å². The molecule has 0 atom stereocenters. The van der Waals surface area contributed by atoms with Crippen LogP contribution < -0.4 is 4.90 Å². The van der Waals surface area contributed by atoms with Gasteiger partial charge in [-0.2, -0.15) is 0 Å². The molecule has 6 aromatic rings. The van der Waals surface area contributed by atoms with Gasteiger partial charge in [-0.25, -0.2) is 0 Å². The van der Waals surface area contributed by atoms with Crippen LogP contribution in [0.4, 0.5) is 17.1 Å². The predicted octanol–water partition coefficient (Wildman–Crippen LogP) is 9.88. The summed E-state index contributed by atoms with van der Waals surface area (Å²) in [6.45, 7) is 0. The average molecular weight is 493 g/mol. The van der Waals surface area contributed by atoms with Crippen molar-refractivity contribution in [2.75, 3.05) is 4.90 Å². The molecule has 37 heavy (non-hydrogen) atoms. The summed E-state index contributed by atoms with van der Waals surface area (Å²) in [5.74, 6) is 0. The van der Waals surface area contributed by atoms with Crippen LogP contribution in [0.3, 0.4) is 0 Å². The summed E-state index contributed by atoms with van der Waals surface area (Å²) in [5, 5.41) is 2.66. The molecule has 2 aliphatic rings. The van der Waals surface area contributed by atoms with Gasteiger partial charge in [-0.05, 0) is 83.6 Å². The van der Waals surface area contributed by atoms with Crippen LogP contribution >= 0.6 is 11.8 Å². The standard InChI is InChI=1S/C34H24N2S/c1-2-10-24(11-3-1)36-29-15-6-7-16-31(29)37-32-20-18-23(21-30(32)36)26-13-8-14-27-34(26)33-25-12-5-4-9-22(25)17-19-28(33)35-27/h1-3,5-8,10-21,35H,4,9H2. The summed E-state index contributed by atoms with van der Waals surface area (Å²) in [4.78, 5) is 8.66. The second kappa shape index (κ2) is 8.16. The van der Waals surface area contributed by atoms with E-state index in [2.05, 4.69) is 125 Å². The molecule has 2 nitrogen and oxygen atoms in total. The van der Waals surface area contributed by atoms with Crippen molar-refractivity contribution >= 4 is 56.7 Å². The van der Waals surface area contributed by atoms with Crippen LogP contribution in [-0.4, -0.2) is 4.98 Å². The van der Waals surface area contributed by atoms with Crippen LogP contribution in [-0.2, 0) is 6.42 Å². The first-order valence-electron chi connectivity index (χ1n) is 12.8. The Bertz CT molecular complexity index is 1860. The normalized spacial score (nSPS) is 14.0. The smallest absolute Gasteiger partial charge is 0.0607 e. The minimum Gasteiger partial charge on any atom is -0.354 e. The first-order chi connectivity index (χ1) is 18.3. The van der Waals surface area contributed by atoms with E-state index in [-0.39, 0.29) is 0 Å². The number of para-hydroxylation sites is 2. The second-order valence-corrected chi connectivity index (χ2v) is 10.9. The molecule has 176 valence electrons. The van der Waals surface area contributed by atoms with Gasteiger partial charge in [-0.15, -0.1) is 0 Å². The number of aromatic nitrogens is 1. The molecule has 1 aliphatic carbocycles. The van der Waals surface area contributed by atoms with E-state index < -0.39 is 0 Å². The number of aromatic amines is 1. The highest BCUT2D eigenvalue weighted by atomic mass is 32.2. The minimum atomic E-state index is 1.11. The van der Waals surface area contributed by atoms with Gasteiger partial charge in [0, 0.05) is 37.3 Å². The molecule has 2 heterocycles. The Hall–Kier alpha value is -4.21. The van der Waals surface area contributed by atoms with Crippen molar-refractivity contribution in [2.45, 2.75) is 22.6 Å². The predicted molar refractivity (Wildman–Crippen MR) is 157 cm³/mol. The molecule has 0 bridgehead atoms. The summed E-state index contributed by atoms with van der Waals surface area (Å²) < 4.78 is 0. The number of nitrogens with one attached hydrogen (secondary N) is 1. The number of anilines is 3. The Morgan fingerprint density at radius 3 is 2.46 bits per heavy atom. The van der Waals surface area contributed by atoms with Gasteiger partial charge in [0.05, 0.1) is 11.4 Å². The molecule has 0 spiro atoms. The Kier molecular flexibility index (Phi) is 4.61. The molecule has 8 rings (SSSR count). The zero-order valence-corrected chi connectivity index (χ0v) is 21.1. The highest BCUT2D eigenvalue weighted by Gasteiger charge is 2.25. The second-order valence-electron chi connectivity index (χ2n) is 9.78. The van der Waals surface area contributed by atoms with Crippen LogP contribution in [0.15, 0.2) is 119 Å². The number of benzene rings is 5. The van der Waals surface area contributed by atoms with Gasteiger partial charge >= 0.3 is 0 Å². The number of hydrogen-bond donors (Lipinski definition) is 1. The quantitative estimate of drug-likeness (QED) is 0.259. The topological polar surface area (TPSA) is 19.0 Å². The van der Waals surface area contributed by atoms with Gasteiger partial charge in [-0.3, -0.25) is 0 Å². The van der Waals surface area contributed by atoms with Gasteiger partial charge in [0.1, 0.15) is 0 Å². The van der Waals surface area contributed by atoms with E-state index in [0.717, 1.165) is 12.8 Å². The van der Waals surface area contributed by atoms with Crippen molar-refractivity contribution in [3.8, 4) is 11.1 Å². The Balaban J connectivity index is 1.38. The van der Waals surface area contributed by atoms with Crippen molar-refractivity contribution in [3.05, 3.63) is 120 Å². The SMILES string of the molecule is C1=Cc2c(ccc3[nH]c4cccc(-c5ccc6c(c5)N(c5ccccc5)c5ccccc5S6)c4c23)CC1. The van der Waals surface area contributed by atoms with E-state index in [1.165, 1.54) is 70.9 Å². The van der Waals surface area contributed by atoms with Crippen molar-refractivity contribution < 1.29 is 0 Å². The van der Waals surface area contributed by atoms with Crippen LogP contribution in [0.2, 0.25) is 0 Å². The Morgan fingerprint density at radius 1 is 0.676 bits per heavy atom. The third kappa shape index (κ3) is 3.21. The number of fused-ring (bicyclic) bond motifs is 7. The largest absolute Gasteiger partial charge is 0.354 e. The Labute approximate surface area is 220 Å². The number of hydrogen-bond acceptors (Lipinski definition) is 2. The van der Waals surface area contributed by atoms with Gasteiger partial charge < -0.3 is 9.88 Å². The maximum atomic E-state index is 3.70. The molecule has 5 aromatic carbocycles. The van der Waals surface area contributed by atoms with E-state index in [9.17, 15) is 0 Å². The van der Waals surface area contributed by atoms with Crippen molar-refractivity contribution in [2.24, 2.45) is 0 Å². The Morgan fingerprint density at radius 2 is 1.51 bits per heavy atom. The molecule has 1 N–H and O–H groups in total. The van der Waals surface area contributed by atoms with E-state index in [4.69, 9.17) is 0 Å². The summed E-state index contributed by atoms with van der Waals surface area (Å²) in [6, 6.07) is 37.6. The summed E-state index contributed by atoms with van der Waals surface area (Å²) in [7, 11) is 0. The lowest BCUT2D eigenvalue weighted by Crippen LogP contribution is -2.14. The third-order valence-electron chi connectivity index (χ3n) is 7.64. The zero-order chi connectivity index (χ0) is 24.3. The van der Waals surface area contributed by atoms with Crippen molar-refractivity contribution in [3.63, 3.8) is 0 Å². The number of nitrogens with zero attached hydrogens (tertiary/aromatic N) is 1. The lowest BCUT2D eigenvalue weighted by molar-refractivity contribution is 0.990. The average Bonchev–Trinajstić information content (AvgIpc) is 3.35. The van der Waals surface area contributed by atoms with E-state index in [1.807, 2.05) is 11.8 Å². The molecule has 0 amide bonds. The molecule has 3 heteroatoms. The number of H-pyrrole nitrogens is 1. The van der Waals surface area contributed by atoms with Gasteiger partial charge in [0.2, 0.25) is 0 Å². The third-order valence-corrected chi connectivity index (χ3v) is 8.77. The lowest BCUT2D eigenvalue weighted by atomic mass is 9.91. The molecule has 0 unspecified atom stereocenters. The van der Waals surface area contributed by atoms with Crippen LogP contribution in [0.25, 0.3) is 39.0 Å². The van der Waals surface area contributed by atoms with E-state index >= 15 is 0 Å². The van der Waals surface area contributed by atoms with Crippen molar-refractivity contribution in [1.29, 1.82) is 0 Å². The van der Waals surface area contributed by atoms with Gasteiger partial charge in [0.15, 0.2) is 0 Å². The zero-order valence-electron chi connectivity index (χ0n) is 20.2. The summed E-state index contributed by atoms with van der Waals surface area (Å²) in [6.07, 6.45) is 6.86.